The van der Waals surface area contributed by atoms with Gasteiger partial charge in [-0.05, 0) is 64.2 Å². The van der Waals surface area contributed by atoms with Gasteiger partial charge in [0.1, 0.15) is 11.4 Å². The van der Waals surface area contributed by atoms with Crippen LogP contribution in [-0.4, -0.2) is 17.7 Å². The molecule has 0 heterocycles. The molecule has 5 heteroatoms. The van der Waals surface area contributed by atoms with Gasteiger partial charge < -0.3 is 10.1 Å². The average Bonchev–Trinajstić information content (AvgIpc) is 2.87. The van der Waals surface area contributed by atoms with Crippen molar-refractivity contribution in [2.24, 2.45) is 5.92 Å². The summed E-state index contributed by atoms with van der Waals surface area (Å²) < 4.78 is 18.8. The lowest BCUT2D eigenvalue weighted by molar-refractivity contribution is 0.0636. The molecule has 128 valence electrons. The van der Waals surface area contributed by atoms with Crippen LogP contribution in [0.4, 0.5) is 20.6 Å². The third kappa shape index (κ3) is 5.41. The molecule has 1 saturated carbocycles. The number of anilines is 2. The molecule has 1 aliphatic rings. The number of carbonyl (C=O) groups excluding carboxylic acids is 1. The zero-order chi connectivity index (χ0) is 17.0. The van der Waals surface area contributed by atoms with Gasteiger partial charge in [-0.1, -0.05) is 13.3 Å². The summed E-state index contributed by atoms with van der Waals surface area (Å²) in [5, 5.41) is 6.08. The lowest BCUT2D eigenvalue weighted by Crippen LogP contribution is -2.27. The lowest BCUT2D eigenvalue weighted by atomic mass is 10.1. The molecular formula is C18H27FN2O2. The largest absolute Gasteiger partial charge is 0.444 e. The molecule has 0 aliphatic heterocycles. The highest BCUT2D eigenvalue weighted by Crippen LogP contribution is 2.32. The van der Waals surface area contributed by atoms with Crippen molar-refractivity contribution in [3.63, 3.8) is 0 Å². The highest BCUT2D eigenvalue weighted by molar-refractivity contribution is 5.89. The molecule has 0 aromatic heterocycles. The van der Waals surface area contributed by atoms with Crippen LogP contribution in [0.15, 0.2) is 18.2 Å². The molecule has 1 amide bonds. The first-order valence-corrected chi connectivity index (χ1v) is 8.33. The Morgan fingerprint density at radius 3 is 2.65 bits per heavy atom. The van der Waals surface area contributed by atoms with E-state index in [0.717, 1.165) is 18.8 Å². The number of benzene rings is 1. The molecule has 0 radical (unpaired) electrons. The molecule has 1 aromatic rings. The van der Waals surface area contributed by atoms with E-state index in [1.54, 1.807) is 26.8 Å². The Balaban J connectivity index is 2.07. The lowest BCUT2D eigenvalue weighted by Gasteiger charge is -2.22. The third-order valence-electron chi connectivity index (χ3n) is 4.10. The van der Waals surface area contributed by atoms with E-state index < -0.39 is 11.7 Å². The van der Waals surface area contributed by atoms with Crippen LogP contribution in [-0.2, 0) is 4.74 Å². The Labute approximate surface area is 137 Å². The maximum Gasteiger partial charge on any atom is 0.412 e. The topological polar surface area (TPSA) is 50.4 Å². The quantitative estimate of drug-likeness (QED) is 0.804. The molecule has 1 aliphatic carbocycles. The van der Waals surface area contributed by atoms with Crippen molar-refractivity contribution < 1.29 is 13.9 Å². The Hall–Kier alpha value is -1.78. The molecule has 0 spiro atoms. The summed E-state index contributed by atoms with van der Waals surface area (Å²) in [4.78, 5) is 11.9. The van der Waals surface area contributed by atoms with E-state index >= 15 is 0 Å². The van der Waals surface area contributed by atoms with Crippen molar-refractivity contribution in [1.29, 1.82) is 0 Å². The van der Waals surface area contributed by atoms with Crippen LogP contribution in [0.5, 0.6) is 0 Å². The molecule has 1 fully saturated rings. The summed E-state index contributed by atoms with van der Waals surface area (Å²) in [5.41, 5.74) is 0.579. The third-order valence-corrected chi connectivity index (χ3v) is 4.10. The van der Waals surface area contributed by atoms with Gasteiger partial charge in [-0.3, -0.25) is 5.32 Å². The number of amides is 1. The Kier molecular flexibility index (Phi) is 5.50. The number of carbonyl (C=O) groups is 1. The number of hydrogen-bond acceptors (Lipinski definition) is 3. The molecular weight excluding hydrogens is 295 g/mol. The van der Waals surface area contributed by atoms with Crippen LogP contribution in [0.25, 0.3) is 0 Å². The first-order valence-electron chi connectivity index (χ1n) is 8.33. The predicted molar refractivity (Wildman–Crippen MR) is 91.3 cm³/mol. The highest BCUT2D eigenvalue weighted by Gasteiger charge is 2.24. The molecule has 23 heavy (non-hydrogen) atoms. The summed E-state index contributed by atoms with van der Waals surface area (Å²) in [6.07, 6.45) is 3.98. The van der Waals surface area contributed by atoms with Gasteiger partial charge in [0, 0.05) is 6.04 Å². The van der Waals surface area contributed by atoms with Gasteiger partial charge in [-0.25, -0.2) is 9.18 Å². The van der Waals surface area contributed by atoms with E-state index in [-0.39, 0.29) is 5.82 Å². The predicted octanol–water partition coefficient (Wildman–Crippen LogP) is 5.16. The number of nitrogens with one attached hydrogen (secondary N) is 2. The van der Waals surface area contributed by atoms with Crippen molar-refractivity contribution in [2.45, 2.75) is 65.0 Å². The second-order valence-electron chi connectivity index (χ2n) is 7.25. The second kappa shape index (κ2) is 7.20. The fourth-order valence-corrected chi connectivity index (χ4v) is 2.96. The van der Waals surface area contributed by atoms with Crippen molar-refractivity contribution in [3.8, 4) is 0 Å². The Morgan fingerprint density at radius 1 is 1.30 bits per heavy atom. The van der Waals surface area contributed by atoms with Crippen LogP contribution >= 0.6 is 0 Å². The molecule has 2 unspecified atom stereocenters. The normalized spacial score (nSPS) is 21.1. The van der Waals surface area contributed by atoms with Crippen LogP contribution in [0.1, 0.15) is 53.4 Å². The second-order valence-corrected chi connectivity index (χ2v) is 7.25. The summed E-state index contributed by atoms with van der Waals surface area (Å²) in [5.74, 6) is 0.399. The van der Waals surface area contributed by atoms with Gasteiger partial charge in [-0.15, -0.1) is 0 Å². The minimum absolute atomic E-state index is 0.320. The first kappa shape index (κ1) is 17.6. The Bertz CT molecular complexity index is 554. The zero-order valence-electron chi connectivity index (χ0n) is 14.4. The van der Waals surface area contributed by atoms with Gasteiger partial charge in [0.25, 0.3) is 0 Å². The number of hydrogen-bond donors (Lipinski definition) is 2. The van der Waals surface area contributed by atoms with Crippen LogP contribution in [0, 0.1) is 11.7 Å². The Morgan fingerprint density at radius 2 is 2.04 bits per heavy atom. The van der Waals surface area contributed by atoms with Gasteiger partial charge in [0.2, 0.25) is 0 Å². The van der Waals surface area contributed by atoms with E-state index in [4.69, 9.17) is 4.74 Å². The molecule has 2 rings (SSSR count). The summed E-state index contributed by atoms with van der Waals surface area (Å²) in [7, 11) is 0. The summed E-state index contributed by atoms with van der Waals surface area (Å²) >= 11 is 0. The van der Waals surface area contributed by atoms with Gasteiger partial charge in [0.05, 0.1) is 11.4 Å². The summed E-state index contributed by atoms with van der Waals surface area (Å²) in [6, 6.07) is 4.64. The maximum absolute atomic E-state index is 13.6. The van der Waals surface area contributed by atoms with E-state index in [2.05, 4.69) is 17.6 Å². The van der Waals surface area contributed by atoms with Gasteiger partial charge in [0.15, 0.2) is 0 Å². The SMILES string of the molecule is CCC1CCC(Nc2cc(F)ccc2NC(=O)OC(C)(C)C)C1. The monoisotopic (exact) mass is 322 g/mol. The number of halogens is 1. The van der Waals surface area contributed by atoms with Crippen molar-refractivity contribution >= 4 is 17.5 Å². The molecule has 1 aromatic carbocycles. The fourth-order valence-electron chi connectivity index (χ4n) is 2.96. The standard InChI is InChI=1S/C18H27FN2O2/c1-5-12-6-8-14(10-12)20-16-11-13(19)7-9-15(16)21-17(22)23-18(2,3)4/h7,9,11-12,14,20H,5-6,8,10H2,1-4H3,(H,21,22). The van der Waals surface area contributed by atoms with Crippen LogP contribution in [0.2, 0.25) is 0 Å². The molecule has 0 bridgehead atoms. The molecule has 2 atom stereocenters. The van der Waals surface area contributed by atoms with E-state index in [1.165, 1.54) is 25.0 Å². The summed E-state index contributed by atoms with van der Waals surface area (Å²) in [6.45, 7) is 7.62. The van der Waals surface area contributed by atoms with Crippen molar-refractivity contribution in [1.82, 2.24) is 0 Å². The minimum Gasteiger partial charge on any atom is -0.444 e. The number of ether oxygens (including phenoxy) is 1. The smallest absolute Gasteiger partial charge is 0.412 e. The first-order chi connectivity index (χ1) is 10.8. The molecule has 2 N–H and O–H groups in total. The molecule has 4 nitrogen and oxygen atoms in total. The highest BCUT2D eigenvalue weighted by atomic mass is 19.1. The van der Waals surface area contributed by atoms with Crippen LogP contribution in [0.3, 0.4) is 0 Å². The van der Waals surface area contributed by atoms with E-state index in [0.29, 0.717) is 17.4 Å². The van der Waals surface area contributed by atoms with Crippen molar-refractivity contribution in [2.75, 3.05) is 10.6 Å². The van der Waals surface area contributed by atoms with Crippen LogP contribution < -0.4 is 10.6 Å². The van der Waals surface area contributed by atoms with Gasteiger partial charge >= 0.3 is 6.09 Å². The van der Waals surface area contributed by atoms with E-state index in [9.17, 15) is 9.18 Å². The minimum atomic E-state index is -0.572. The van der Waals surface area contributed by atoms with Gasteiger partial charge in [-0.2, -0.15) is 0 Å². The number of rotatable bonds is 4. The zero-order valence-corrected chi connectivity index (χ0v) is 14.4. The fraction of sp³-hybridized carbons (Fsp3) is 0.611. The molecule has 0 saturated heterocycles. The maximum atomic E-state index is 13.6. The average molecular weight is 322 g/mol. The van der Waals surface area contributed by atoms with E-state index in [1.807, 2.05) is 0 Å². The van der Waals surface area contributed by atoms with Crippen molar-refractivity contribution in [3.05, 3.63) is 24.0 Å².